The molecule has 2 aromatic rings. The molecule has 4 rings (SSSR count). The lowest BCUT2D eigenvalue weighted by molar-refractivity contribution is 0.0548. The average molecular weight is 405 g/mol. The zero-order valence-electron chi connectivity index (χ0n) is 16.7. The maximum Gasteiger partial charge on any atom is 0.271 e. The molecular formula is C24H24FN3O2. The highest BCUT2D eigenvalue weighted by Crippen LogP contribution is 2.34. The van der Waals surface area contributed by atoms with E-state index < -0.39 is 0 Å². The Labute approximate surface area is 175 Å². The van der Waals surface area contributed by atoms with Crippen LogP contribution in [0.4, 0.5) is 4.39 Å². The number of morpholine rings is 1. The number of carbonyl (C=O) groups is 1. The average Bonchev–Trinajstić information content (AvgIpc) is 3.17. The van der Waals surface area contributed by atoms with Crippen molar-refractivity contribution in [2.45, 2.75) is 12.8 Å². The van der Waals surface area contributed by atoms with Gasteiger partial charge in [0.05, 0.1) is 19.4 Å². The number of hydrazone groups is 1. The summed E-state index contributed by atoms with van der Waals surface area (Å²) in [6, 6.07) is 15.7. The van der Waals surface area contributed by atoms with Gasteiger partial charge in [-0.25, -0.2) is 9.82 Å². The molecular weight excluding hydrogens is 381 g/mol. The van der Waals surface area contributed by atoms with Crippen molar-refractivity contribution in [1.82, 2.24) is 10.3 Å². The first-order chi connectivity index (χ1) is 14.7. The SMILES string of the molecule is O=C(NN=CC1=C(N2CCOCC2)C(=Cc2ccccc2)CC1)c1ccc(F)cc1. The van der Waals surface area contributed by atoms with E-state index in [0.29, 0.717) is 18.8 Å². The van der Waals surface area contributed by atoms with Crippen LogP contribution in [-0.4, -0.2) is 43.3 Å². The van der Waals surface area contributed by atoms with Gasteiger partial charge in [-0.1, -0.05) is 30.3 Å². The van der Waals surface area contributed by atoms with E-state index >= 15 is 0 Å². The number of hydrogen-bond donors (Lipinski definition) is 1. The van der Waals surface area contributed by atoms with Gasteiger partial charge in [0.25, 0.3) is 5.91 Å². The van der Waals surface area contributed by atoms with Gasteiger partial charge in [-0.15, -0.1) is 0 Å². The van der Waals surface area contributed by atoms with E-state index in [1.54, 1.807) is 6.21 Å². The minimum Gasteiger partial charge on any atom is -0.378 e. The summed E-state index contributed by atoms with van der Waals surface area (Å²) in [5.41, 5.74) is 7.63. The molecule has 0 aromatic heterocycles. The van der Waals surface area contributed by atoms with Gasteiger partial charge in [0.1, 0.15) is 5.82 Å². The molecule has 1 saturated heterocycles. The van der Waals surface area contributed by atoms with Crippen LogP contribution in [-0.2, 0) is 4.74 Å². The third-order valence-corrected chi connectivity index (χ3v) is 5.23. The van der Waals surface area contributed by atoms with Gasteiger partial charge in [0, 0.05) is 24.4 Å². The molecule has 0 unspecified atom stereocenters. The van der Waals surface area contributed by atoms with Crippen LogP contribution in [0.3, 0.4) is 0 Å². The highest BCUT2D eigenvalue weighted by atomic mass is 19.1. The summed E-state index contributed by atoms with van der Waals surface area (Å²) in [5, 5.41) is 4.18. The molecule has 2 aromatic carbocycles. The molecule has 0 atom stereocenters. The first-order valence-corrected chi connectivity index (χ1v) is 10.1. The first kappa shape index (κ1) is 20.0. The predicted octanol–water partition coefficient (Wildman–Crippen LogP) is 4.01. The molecule has 1 aliphatic carbocycles. The highest BCUT2D eigenvalue weighted by Gasteiger charge is 2.25. The van der Waals surface area contributed by atoms with Crippen LogP contribution in [0.25, 0.3) is 6.08 Å². The number of benzene rings is 2. The summed E-state index contributed by atoms with van der Waals surface area (Å²) < 4.78 is 18.5. The molecule has 0 bridgehead atoms. The second kappa shape index (κ2) is 9.50. The van der Waals surface area contributed by atoms with Crippen LogP contribution in [0.2, 0.25) is 0 Å². The standard InChI is InChI=1S/C24H24FN3O2/c25-22-10-8-19(9-11-22)24(29)27-26-17-21-7-6-20(16-18-4-2-1-3-5-18)23(21)28-12-14-30-15-13-28/h1-5,8-11,16-17H,6-7,12-15H2,(H,27,29). The summed E-state index contributed by atoms with van der Waals surface area (Å²) in [5.74, 6) is -0.739. The van der Waals surface area contributed by atoms with E-state index in [0.717, 1.165) is 31.5 Å². The third kappa shape index (κ3) is 4.83. The lowest BCUT2D eigenvalue weighted by Gasteiger charge is -2.31. The Bertz CT molecular complexity index is 975. The lowest BCUT2D eigenvalue weighted by Crippen LogP contribution is -2.36. The molecule has 1 heterocycles. The van der Waals surface area contributed by atoms with Crippen LogP contribution in [0.1, 0.15) is 28.8 Å². The fraction of sp³-hybridized carbons (Fsp3) is 0.250. The Morgan fingerprint density at radius 3 is 2.50 bits per heavy atom. The van der Waals surface area contributed by atoms with Gasteiger partial charge in [-0.2, -0.15) is 5.10 Å². The van der Waals surface area contributed by atoms with E-state index in [4.69, 9.17) is 4.74 Å². The zero-order valence-corrected chi connectivity index (χ0v) is 16.7. The maximum atomic E-state index is 13.0. The van der Waals surface area contributed by atoms with E-state index in [-0.39, 0.29) is 11.7 Å². The molecule has 1 amide bonds. The first-order valence-electron chi connectivity index (χ1n) is 10.1. The van der Waals surface area contributed by atoms with Crippen molar-refractivity contribution in [3.8, 4) is 0 Å². The number of rotatable bonds is 5. The van der Waals surface area contributed by atoms with Crippen LogP contribution in [0, 0.1) is 5.82 Å². The number of nitrogens with zero attached hydrogens (tertiary/aromatic N) is 2. The fourth-order valence-electron chi connectivity index (χ4n) is 3.76. The number of ether oxygens (including phenoxy) is 1. The second-order valence-corrected chi connectivity index (χ2v) is 7.26. The molecule has 0 saturated carbocycles. The van der Waals surface area contributed by atoms with Crippen LogP contribution in [0.5, 0.6) is 0 Å². The Morgan fingerprint density at radius 2 is 1.77 bits per heavy atom. The molecule has 6 heteroatoms. The van der Waals surface area contributed by atoms with Gasteiger partial charge >= 0.3 is 0 Å². The fourth-order valence-corrected chi connectivity index (χ4v) is 3.76. The van der Waals surface area contributed by atoms with Gasteiger partial charge in [0.2, 0.25) is 0 Å². The molecule has 1 fully saturated rings. The number of allylic oxidation sites excluding steroid dienone is 2. The van der Waals surface area contributed by atoms with Crippen LogP contribution < -0.4 is 5.43 Å². The maximum absolute atomic E-state index is 13.0. The Balaban J connectivity index is 1.55. The molecule has 154 valence electrons. The molecule has 1 N–H and O–H groups in total. The third-order valence-electron chi connectivity index (χ3n) is 5.23. The highest BCUT2D eigenvalue weighted by molar-refractivity contribution is 5.95. The topological polar surface area (TPSA) is 53.9 Å². The largest absolute Gasteiger partial charge is 0.378 e. The normalized spacial score (nSPS) is 18.4. The number of nitrogens with one attached hydrogen (secondary N) is 1. The Morgan fingerprint density at radius 1 is 1.03 bits per heavy atom. The van der Waals surface area contributed by atoms with Gasteiger partial charge < -0.3 is 9.64 Å². The van der Waals surface area contributed by atoms with E-state index in [1.807, 2.05) is 18.2 Å². The summed E-state index contributed by atoms with van der Waals surface area (Å²) in [4.78, 5) is 14.6. The molecule has 0 radical (unpaired) electrons. The van der Waals surface area contributed by atoms with Crippen molar-refractivity contribution in [2.75, 3.05) is 26.3 Å². The molecule has 2 aliphatic rings. The summed E-state index contributed by atoms with van der Waals surface area (Å²) in [7, 11) is 0. The summed E-state index contributed by atoms with van der Waals surface area (Å²) >= 11 is 0. The molecule has 5 nitrogen and oxygen atoms in total. The Kier molecular flexibility index (Phi) is 6.35. The Hall–Kier alpha value is -3.25. The second-order valence-electron chi connectivity index (χ2n) is 7.26. The van der Waals surface area contributed by atoms with E-state index in [1.165, 1.54) is 41.1 Å². The van der Waals surface area contributed by atoms with Gasteiger partial charge in [-0.05, 0) is 59.9 Å². The predicted molar refractivity (Wildman–Crippen MR) is 115 cm³/mol. The summed E-state index contributed by atoms with van der Waals surface area (Å²) in [6.07, 6.45) is 5.75. The number of amides is 1. The quantitative estimate of drug-likeness (QED) is 0.604. The van der Waals surface area contributed by atoms with Crippen molar-refractivity contribution in [1.29, 1.82) is 0 Å². The van der Waals surface area contributed by atoms with Crippen molar-refractivity contribution >= 4 is 18.2 Å². The minimum atomic E-state index is -0.376. The van der Waals surface area contributed by atoms with Crippen LogP contribution in [0.15, 0.2) is 76.5 Å². The number of carbonyl (C=O) groups excluding carboxylic acids is 1. The zero-order chi connectivity index (χ0) is 20.8. The monoisotopic (exact) mass is 405 g/mol. The smallest absolute Gasteiger partial charge is 0.271 e. The van der Waals surface area contributed by atoms with Crippen molar-refractivity contribution in [3.05, 3.63) is 88.4 Å². The van der Waals surface area contributed by atoms with Gasteiger partial charge in [-0.3, -0.25) is 4.79 Å². The molecule has 1 aliphatic heterocycles. The molecule has 0 spiro atoms. The molecule has 30 heavy (non-hydrogen) atoms. The number of halogens is 1. The summed E-state index contributed by atoms with van der Waals surface area (Å²) in [6.45, 7) is 3.07. The van der Waals surface area contributed by atoms with Crippen molar-refractivity contribution < 1.29 is 13.9 Å². The minimum absolute atomic E-state index is 0.363. The van der Waals surface area contributed by atoms with Crippen LogP contribution >= 0.6 is 0 Å². The van der Waals surface area contributed by atoms with Gasteiger partial charge in [0.15, 0.2) is 0 Å². The van der Waals surface area contributed by atoms with E-state index in [9.17, 15) is 9.18 Å². The van der Waals surface area contributed by atoms with E-state index in [2.05, 4.69) is 33.6 Å². The van der Waals surface area contributed by atoms with Crippen molar-refractivity contribution in [2.24, 2.45) is 5.10 Å². The lowest BCUT2D eigenvalue weighted by atomic mass is 10.1. The number of hydrogen-bond acceptors (Lipinski definition) is 4. The van der Waals surface area contributed by atoms with Crippen molar-refractivity contribution in [3.63, 3.8) is 0 Å².